The Morgan fingerprint density at radius 2 is 1.18 bits per heavy atom. The van der Waals surface area contributed by atoms with Crippen LogP contribution in [0.1, 0.15) is 20.7 Å². The average molecular weight is 452 g/mol. The molecule has 0 aliphatic heterocycles. The maximum absolute atomic E-state index is 12.9. The number of benzene rings is 3. The van der Waals surface area contributed by atoms with Gasteiger partial charge in [0.05, 0.1) is 34.0 Å². The van der Waals surface area contributed by atoms with Gasteiger partial charge in [-0.25, -0.2) is 4.79 Å². The van der Waals surface area contributed by atoms with E-state index in [9.17, 15) is 9.59 Å². The molecule has 8 heteroatoms. The lowest BCUT2D eigenvalue weighted by molar-refractivity contribution is 0.0724. The van der Waals surface area contributed by atoms with E-state index in [0.717, 1.165) is 0 Å². The molecule has 172 valence electrons. The monoisotopic (exact) mass is 452 g/mol. The number of esters is 1. The second-order valence-electron chi connectivity index (χ2n) is 6.67. The summed E-state index contributed by atoms with van der Waals surface area (Å²) in [4.78, 5) is 25.4. The standard InChI is InChI=1S/C25H24O8/c1-28-19-11-8-12-20(29-2)23(19)32-15-18(26)17-13-21(30-3)24(22(14-17)31-4)33-25(27)16-9-6-5-7-10-16/h5-14H,15H2,1-4H3. The van der Waals surface area contributed by atoms with Crippen molar-refractivity contribution in [3.63, 3.8) is 0 Å². The van der Waals surface area contributed by atoms with Crippen LogP contribution in [0.5, 0.6) is 34.5 Å². The molecule has 3 aromatic carbocycles. The number of methoxy groups -OCH3 is 4. The fourth-order valence-corrected chi connectivity index (χ4v) is 3.05. The lowest BCUT2D eigenvalue weighted by Crippen LogP contribution is -2.14. The first-order chi connectivity index (χ1) is 16.0. The zero-order chi connectivity index (χ0) is 23.8. The minimum atomic E-state index is -0.585. The van der Waals surface area contributed by atoms with Gasteiger partial charge in [-0.15, -0.1) is 0 Å². The summed E-state index contributed by atoms with van der Waals surface area (Å²) in [6.07, 6.45) is 0. The number of ketones is 1. The molecule has 33 heavy (non-hydrogen) atoms. The van der Waals surface area contributed by atoms with Crippen LogP contribution in [-0.2, 0) is 0 Å². The van der Waals surface area contributed by atoms with Gasteiger partial charge < -0.3 is 28.4 Å². The van der Waals surface area contributed by atoms with Crippen LogP contribution in [0.25, 0.3) is 0 Å². The Bertz CT molecular complexity index is 1080. The van der Waals surface area contributed by atoms with E-state index in [4.69, 9.17) is 28.4 Å². The Morgan fingerprint density at radius 1 is 0.636 bits per heavy atom. The zero-order valence-electron chi connectivity index (χ0n) is 18.7. The van der Waals surface area contributed by atoms with Crippen molar-refractivity contribution in [2.75, 3.05) is 35.0 Å². The number of para-hydroxylation sites is 1. The highest BCUT2D eigenvalue weighted by Crippen LogP contribution is 2.40. The normalized spacial score (nSPS) is 10.2. The Morgan fingerprint density at radius 3 is 1.70 bits per heavy atom. The minimum Gasteiger partial charge on any atom is -0.493 e. The molecule has 0 unspecified atom stereocenters. The highest BCUT2D eigenvalue weighted by molar-refractivity contribution is 5.99. The third kappa shape index (κ3) is 5.35. The second kappa shape index (κ2) is 10.9. The lowest BCUT2D eigenvalue weighted by Gasteiger charge is -2.16. The first-order valence-corrected chi connectivity index (χ1v) is 9.92. The summed E-state index contributed by atoms with van der Waals surface area (Å²) >= 11 is 0. The van der Waals surface area contributed by atoms with E-state index in [1.165, 1.54) is 40.6 Å². The summed E-state index contributed by atoms with van der Waals surface area (Å²) in [5.74, 6) is 0.619. The van der Waals surface area contributed by atoms with Crippen molar-refractivity contribution < 1.29 is 38.0 Å². The van der Waals surface area contributed by atoms with Crippen LogP contribution < -0.4 is 28.4 Å². The third-order valence-corrected chi connectivity index (χ3v) is 4.72. The van der Waals surface area contributed by atoms with Gasteiger partial charge in [0, 0.05) is 5.56 Å². The van der Waals surface area contributed by atoms with Crippen LogP contribution in [0.4, 0.5) is 0 Å². The summed E-state index contributed by atoms with van der Waals surface area (Å²) in [5, 5.41) is 0. The molecule has 0 bridgehead atoms. The molecule has 0 atom stereocenters. The van der Waals surface area contributed by atoms with Crippen molar-refractivity contribution in [1.29, 1.82) is 0 Å². The lowest BCUT2D eigenvalue weighted by atomic mass is 10.1. The van der Waals surface area contributed by atoms with E-state index in [0.29, 0.717) is 22.8 Å². The Kier molecular flexibility index (Phi) is 7.75. The SMILES string of the molecule is COc1cccc(OC)c1OCC(=O)c1cc(OC)c(OC(=O)c2ccccc2)c(OC)c1. The topological polar surface area (TPSA) is 89.5 Å². The fraction of sp³-hybridized carbons (Fsp3) is 0.200. The van der Waals surface area contributed by atoms with E-state index in [1.807, 2.05) is 0 Å². The van der Waals surface area contributed by atoms with Gasteiger partial charge in [0.2, 0.25) is 11.5 Å². The molecule has 0 aliphatic rings. The molecule has 0 radical (unpaired) electrons. The highest BCUT2D eigenvalue weighted by Gasteiger charge is 2.22. The number of ether oxygens (including phenoxy) is 6. The van der Waals surface area contributed by atoms with Crippen LogP contribution in [0, 0.1) is 0 Å². The minimum absolute atomic E-state index is 0.0673. The predicted molar refractivity (Wildman–Crippen MR) is 120 cm³/mol. The van der Waals surface area contributed by atoms with Crippen molar-refractivity contribution in [3.05, 3.63) is 71.8 Å². The van der Waals surface area contributed by atoms with Crippen LogP contribution in [-0.4, -0.2) is 46.8 Å². The summed E-state index contributed by atoms with van der Waals surface area (Å²) < 4.78 is 32.5. The quantitative estimate of drug-likeness (QED) is 0.257. The summed E-state index contributed by atoms with van der Waals surface area (Å²) in [6, 6.07) is 16.6. The summed E-state index contributed by atoms with van der Waals surface area (Å²) in [5.41, 5.74) is 0.609. The van der Waals surface area contributed by atoms with E-state index < -0.39 is 5.97 Å². The molecule has 0 amide bonds. The second-order valence-corrected chi connectivity index (χ2v) is 6.67. The molecule has 0 saturated heterocycles. The molecular formula is C25H24O8. The summed E-state index contributed by atoms with van der Waals surface area (Å²) in [7, 11) is 5.79. The molecule has 0 N–H and O–H groups in total. The maximum atomic E-state index is 12.9. The van der Waals surface area contributed by atoms with Crippen LogP contribution in [0.3, 0.4) is 0 Å². The number of carbonyl (C=O) groups is 2. The van der Waals surface area contributed by atoms with Crippen molar-refractivity contribution in [2.45, 2.75) is 0 Å². The van der Waals surface area contributed by atoms with Crippen LogP contribution in [0.2, 0.25) is 0 Å². The smallest absolute Gasteiger partial charge is 0.343 e. The Hall–Kier alpha value is -4.20. The number of carbonyl (C=O) groups excluding carboxylic acids is 2. The van der Waals surface area contributed by atoms with Gasteiger partial charge in [-0.2, -0.15) is 0 Å². The maximum Gasteiger partial charge on any atom is 0.343 e. The van der Waals surface area contributed by atoms with Crippen molar-refractivity contribution >= 4 is 11.8 Å². The molecular weight excluding hydrogens is 428 g/mol. The van der Waals surface area contributed by atoms with E-state index in [1.54, 1.807) is 48.5 Å². The van der Waals surface area contributed by atoms with Gasteiger partial charge in [0.15, 0.2) is 35.4 Å². The zero-order valence-corrected chi connectivity index (χ0v) is 18.7. The number of Topliss-reactive ketones (excluding diaryl/α,β-unsaturated/α-hetero) is 1. The molecule has 3 aromatic rings. The van der Waals surface area contributed by atoms with E-state index >= 15 is 0 Å². The van der Waals surface area contributed by atoms with E-state index in [-0.39, 0.29) is 35.2 Å². The molecule has 0 aromatic heterocycles. The number of hydrogen-bond acceptors (Lipinski definition) is 8. The fourth-order valence-electron chi connectivity index (χ4n) is 3.05. The number of hydrogen-bond donors (Lipinski definition) is 0. The molecule has 0 heterocycles. The van der Waals surface area contributed by atoms with Gasteiger partial charge in [0.1, 0.15) is 0 Å². The number of rotatable bonds is 10. The molecule has 0 spiro atoms. The highest BCUT2D eigenvalue weighted by atomic mass is 16.6. The van der Waals surface area contributed by atoms with Crippen molar-refractivity contribution in [1.82, 2.24) is 0 Å². The van der Waals surface area contributed by atoms with Crippen molar-refractivity contribution in [2.24, 2.45) is 0 Å². The van der Waals surface area contributed by atoms with Crippen molar-refractivity contribution in [3.8, 4) is 34.5 Å². The van der Waals surface area contributed by atoms with Crippen LogP contribution >= 0.6 is 0 Å². The third-order valence-electron chi connectivity index (χ3n) is 4.72. The first-order valence-electron chi connectivity index (χ1n) is 9.92. The van der Waals surface area contributed by atoms with Gasteiger partial charge in [-0.1, -0.05) is 24.3 Å². The summed E-state index contributed by atoms with van der Waals surface area (Å²) in [6.45, 7) is -0.299. The molecule has 0 saturated carbocycles. The van der Waals surface area contributed by atoms with E-state index in [2.05, 4.69) is 0 Å². The molecule has 3 rings (SSSR count). The predicted octanol–water partition coefficient (Wildman–Crippen LogP) is 4.20. The first kappa shape index (κ1) is 23.5. The molecule has 8 nitrogen and oxygen atoms in total. The molecule has 0 fully saturated rings. The Labute approximate surface area is 191 Å². The van der Waals surface area contributed by atoms with Crippen LogP contribution in [0.15, 0.2) is 60.7 Å². The molecule has 0 aliphatic carbocycles. The average Bonchev–Trinajstić information content (AvgIpc) is 2.87. The van der Waals surface area contributed by atoms with Gasteiger partial charge >= 0.3 is 5.97 Å². The largest absolute Gasteiger partial charge is 0.493 e. The van der Waals surface area contributed by atoms with Gasteiger partial charge in [-0.05, 0) is 36.4 Å². The van der Waals surface area contributed by atoms with Gasteiger partial charge in [-0.3, -0.25) is 4.79 Å². The Balaban J connectivity index is 1.84. The van der Waals surface area contributed by atoms with Gasteiger partial charge in [0.25, 0.3) is 0 Å².